The van der Waals surface area contributed by atoms with E-state index in [2.05, 4.69) is 15.3 Å². The van der Waals surface area contributed by atoms with Gasteiger partial charge in [-0.2, -0.15) is 0 Å². The number of aromatic nitrogens is 2. The van der Waals surface area contributed by atoms with E-state index in [0.717, 1.165) is 38.3 Å². The Kier molecular flexibility index (Phi) is 3.75. The number of H-pyrrole nitrogens is 1. The molecule has 1 fully saturated rings. The van der Waals surface area contributed by atoms with Crippen LogP contribution in [0, 0.1) is 5.92 Å². The van der Waals surface area contributed by atoms with Crippen molar-refractivity contribution in [2.24, 2.45) is 5.92 Å². The van der Waals surface area contributed by atoms with Crippen molar-refractivity contribution >= 4 is 0 Å². The van der Waals surface area contributed by atoms with E-state index >= 15 is 0 Å². The smallest absolute Gasteiger partial charge is 0.107 e. The maximum Gasteiger partial charge on any atom is 0.107 e. The molecule has 0 saturated carbocycles. The second-order valence-electron chi connectivity index (χ2n) is 4.08. The minimum Gasteiger partial charge on any atom is -0.381 e. The van der Waals surface area contributed by atoms with E-state index in [-0.39, 0.29) is 0 Å². The van der Waals surface area contributed by atoms with Crippen molar-refractivity contribution in [2.75, 3.05) is 20.3 Å². The van der Waals surface area contributed by atoms with Gasteiger partial charge in [-0.3, -0.25) is 0 Å². The van der Waals surface area contributed by atoms with Crippen molar-refractivity contribution in [3.63, 3.8) is 0 Å². The number of nitrogens with one attached hydrogen (secondary N) is 2. The van der Waals surface area contributed by atoms with Crippen LogP contribution in [0.25, 0.3) is 0 Å². The summed E-state index contributed by atoms with van der Waals surface area (Å²) in [5.74, 6) is 1.79. The lowest BCUT2D eigenvalue weighted by Crippen LogP contribution is -2.38. The van der Waals surface area contributed by atoms with E-state index in [9.17, 15) is 0 Å². The molecule has 4 nitrogen and oxygen atoms in total. The fourth-order valence-electron chi connectivity index (χ4n) is 2.24. The van der Waals surface area contributed by atoms with Gasteiger partial charge in [0.15, 0.2) is 0 Å². The summed E-state index contributed by atoms with van der Waals surface area (Å²) in [6, 6.07) is 0.514. The fourth-order valence-corrected chi connectivity index (χ4v) is 2.24. The summed E-state index contributed by atoms with van der Waals surface area (Å²) in [5, 5.41) is 3.39. The average molecular weight is 209 g/mol. The monoisotopic (exact) mass is 209 g/mol. The molecule has 0 radical (unpaired) electrons. The quantitative estimate of drug-likeness (QED) is 0.776. The van der Waals surface area contributed by atoms with Gasteiger partial charge in [0.05, 0.1) is 0 Å². The molecule has 2 N–H and O–H groups in total. The van der Waals surface area contributed by atoms with Crippen molar-refractivity contribution in [3.05, 3.63) is 18.2 Å². The Morgan fingerprint density at radius 2 is 2.40 bits per heavy atom. The van der Waals surface area contributed by atoms with Crippen LogP contribution in [0.3, 0.4) is 0 Å². The van der Waals surface area contributed by atoms with Crippen LogP contribution >= 0.6 is 0 Å². The molecule has 4 heteroatoms. The molecule has 1 aliphatic heterocycles. The van der Waals surface area contributed by atoms with Crippen molar-refractivity contribution < 1.29 is 4.74 Å². The summed E-state index contributed by atoms with van der Waals surface area (Å²) >= 11 is 0. The van der Waals surface area contributed by atoms with Gasteiger partial charge >= 0.3 is 0 Å². The second kappa shape index (κ2) is 5.28. The number of imidazole rings is 1. The lowest BCUT2D eigenvalue weighted by Gasteiger charge is -2.29. The summed E-state index contributed by atoms with van der Waals surface area (Å²) in [7, 11) is 2.03. The predicted octanol–water partition coefficient (Wildman–Crippen LogP) is 0.967. The highest BCUT2D eigenvalue weighted by Gasteiger charge is 2.23. The van der Waals surface area contributed by atoms with Gasteiger partial charge in [-0.1, -0.05) is 0 Å². The van der Waals surface area contributed by atoms with Gasteiger partial charge in [0.25, 0.3) is 0 Å². The van der Waals surface area contributed by atoms with Crippen molar-refractivity contribution in [3.8, 4) is 0 Å². The Labute approximate surface area is 90.4 Å². The third-order valence-corrected chi connectivity index (χ3v) is 3.17. The number of hydrogen-bond acceptors (Lipinski definition) is 3. The predicted molar refractivity (Wildman–Crippen MR) is 58.7 cm³/mol. The molecule has 1 aliphatic rings. The highest BCUT2D eigenvalue weighted by atomic mass is 16.5. The van der Waals surface area contributed by atoms with Gasteiger partial charge in [0.2, 0.25) is 0 Å². The molecule has 2 rings (SSSR count). The molecule has 1 aromatic rings. The van der Waals surface area contributed by atoms with Gasteiger partial charge in [-0.15, -0.1) is 0 Å². The number of ether oxygens (including phenoxy) is 1. The molecule has 0 aromatic carbocycles. The number of likely N-dealkylation sites (N-methyl/N-ethyl adjacent to an activating group) is 1. The van der Waals surface area contributed by atoms with Crippen LogP contribution in [0.1, 0.15) is 18.7 Å². The summed E-state index contributed by atoms with van der Waals surface area (Å²) in [6.07, 6.45) is 6.99. The van der Waals surface area contributed by atoms with E-state index in [1.54, 1.807) is 0 Å². The first-order chi connectivity index (χ1) is 7.40. The van der Waals surface area contributed by atoms with Crippen LogP contribution in [0.2, 0.25) is 0 Å². The highest BCUT2D eigenvalue weighted by molar-refractivity contribution is 4.93. The molecule has 1 saturated heterocycles. The highest BCUT2D eigenvalue weighted by Crippen LogP contribution is 2.20. The summed E-state index contributed by atoms with van der Waals surface area (Å²) < 4.78 is 5.38. The van der Waals surface area contributed by atoms with Crippen LogP contribution in [-0.4, -0.2) is 36.3 Å². The Bertz CT molecular complexity index is 267. The van der Waals surface area contributed by atoms with E-state index in [1.807, 2.05) is 19.4 Å². The number of aromatic amines is 1. The average Bonchev–Trinajstić information content (AvgIpc) is 2.80. The molecular formula is C11H19N3O. The Morgan fingerprint density at radius 1 is 1.60 bits per heavy atom. The number of nitrogens with zero attached hydrogens (tertiary/aromatic N) is 1. The number of hydrogen-bond donors (Lipinski definition) is 2. The topological polar surface area (TPSA) is 49.9 Å². The third kappa shape index (κ3) is 2.79. The zero-order chi connectivity index (χ0) is 10.5. The maximum atomic E-state index is 5.38. The third-order valence-electron chi connectivity index (χ3n) is 3.17. The molecule has 15 heavy (non-hydrogen) atoms. The lowest BCUT2D eigenvalue weighted by atomic mass is 9.89. The largest absolute Gasteiger partial charge is 0.381 e. The van der Waals surface area contributed by atoms with Crippen molar-refractivity contribution in [2.45, 2.75) is 25.3 Å². The molecule has 1 aromatic heterocycles. The van der Waals surface area contributed by atoms with Crippen LogP contribution in [0.5, 0.6) is 0 Å². The minimum absolute atomic E-state index is 0.514. The molecule has 1 atom stereocenters. The molecule has 84 valence electrons. The van der Waals surface area contributed by atoms with E-state index in [1.165, 1.54) is 0 Å². The zero-order valence-corrected chi connectivity index (χ0v) is 9.20. The van der Waals surface area contributed by atoms with Gasteiger partial charge < -0.3 is 15.0 Å². The molecule has 0 aliphatic carbocycles. The normalized spacial score (nSPS) is 20.3. The molecule has 2 heterocycles. The summed E-state index contributed by atoms with van der Waals surface area (Å²) in [5.41, 5.74) is 0. The number of rotatable bonds is 4. The SMILES string of the molecule is CNC(Cc1ncc[nH]1)C1CCOCC1. The first kappa shape index (κ1) is 10.6. The second-order valence-corrected chi connectivity index (χ2v) is 4.08. The summed E-state index contributed by atoms with van der Waals surface area (Å²) in [4.78, 5) is 7.43. The molecule has 0 bridgehead atoms. The molecular weight excluding hydrogens is 190 g/mol. The Hall–Kier alpha value is -0.870. The fraction of sp³-hybridized carbons (Fsp3) is 0.727. The first-order valence-electron chi connectivity index (χ1n) is 5.63. The van der Waals surface area contributed by atoms with Gasteiger partial charge in [-0.25, -0.2) is 4.98 Å². The first-order valence-corrected chi connectivity index (χ1v) is 5.63. The maximum absolute atomic E-state index is 5.38. The van der Waals surface area contributed by atoms with Crippen LogP contribution in [-0.2, 0) is 11.2 Å². The Balaban J connectivity index is 1.91. The van der Waals surface area contributed by atoms with Crippen molar-refractivity contribution in [1.29, 1.82) is 0 Å². The van der Waals surface area contributed by atoms with Crippen LogP contribution in [0.15, 0.2) is 12.4 Å². The molecule has 0 spiro atoms. The van der Waals surface area contributed by atoms with Gasteiger partial charge in [0.1, 0.15) is 5.82 Å². The Morgan fingerprint density at radius 3 is 3.00 bits per heavy atom. The van der Waals surface area contributed by atoms with E-state index in [0.29, 0.717) is 12.0 Å². The van der Waals surface area contributed by atoms with Gasteiger partial charge in [-0.05, 0) is 25.8 Å². The zero-order valence-electron chi connectivity index (χ0n) is 9.20. The van der Waals surface area contributed by atoms with Crippen molar-refractivity contribution in [1.82, 2.24) is 15.3 Å². The van der Waals surface area contributed by atoms with Gasteiger partial charge in [0, 0.05) is 38.1 Å². The van der Waals surface area contributed by atoms with E-state index in [4.69, 9.17) is 4.74 Å². The van der Waals surface area contributed by atoms with Crippen LogP contribution < -0.4 is 5.32 Å². The molecule has 1 unspecified atom stereocenters. The molecule has 0 amide bonds. The van der Waals surface area contributed by atoms with Crippen LogP contribution in [0.4, 0.5) is 0 Å². The lowest BCUT2D eigenvalue weighted by molar-refractivity contribution is 0.0545. The standard InChI is InChI=1S/C11H19N3O/c1-12-10(8-11-13-4-5-14-11)9-2-6-15-7-3-9/h4-5,9-10,12H,2-3,6-8H2,1H3,(H,13,14). The summed E-state index contributed by atoms with van der Waals surface area (Å²) in [6.45, 7) is 1.81. The van der Waals surface area contributed by atoms with E-state index < -0.39 is 0 Å². The minimum atomic E-state index is 0.514.